The molecule has 0 aliphatic carbocycles. The van der Waals surface area contributed by atoms with Gasteiger partial charge in [0.15, 0.2) is 0 Å². The molecule has 4 rings (SSSR count). The van der Waals surface area contributed by atoms with Crippen LogP contribution < -0.4 is 16.2 Å². The van der Waals surface area contributed by atoms with Crippen molar-refractivity contribution in [3.05, 3.63) is 76.2 Å². The Bertz CT molecular complexity index is 1390. The number of carbonyl (C=O) groups is 2. The van der Waals surface area contributed by atoms with Crippen molar-refractivity contribution in [1.29, 1.82) is 0 Å². The number of thioether (sulfide) groups is 1. The van der Waals surface area contributed by atoms with E-state index in [1.165, 1.54) is 21.1 Å². The first-order valence-electron chi connectivity index (χ1n) is 10.3. The first kappa shape index (κ1) is 23.0. The van der Waals surface area contributed by atoms with Crippen LogP contribution in [0.4, 0.5) is 11.4 Å². The van der Waals surface area contributed by atoms with Crippen LogP contribution in [0, 0.1) is 6.92 Å². The molecule has 2 amide bonds. The molecule has 12 heteroatoms. The van der Waals surface area contributed by atoms with Gasteiger partial charge in [-0.3, -0.25) is 19.1 Å². The Hall–Kier alpha value is -4.19. The second-order valence-electron chi connectivity index (χ2n) is 7.39. The maximum absolute atomic E-state index is 13.0. The van der Waals surface area contributed by atoms with Crippen LogP contribution in [0.25, 0.3) is 5.69 Å². The maximum Gasteiger partial charge on any atom is 0.295 e. The van der Waals surface area contributed by atoms with Gasteiger partial charge in [-0.15, -0.1) is 5.10 Å². The van der Waals surface area contributed by atoms with Crippen LogP contribution in [0.1, 0.15) is 16.1 Å². The smallest absolute Gasteiger partial charge is 0.295 e. The molecule has 2 heterocycles. The van der Waals surface area contributed by atoms with Crippen molar-refractivity contribution in [3.8, 4) is 5.69 Å². The maximum atomic E-state index is 13.0. The number of anilines is 2. The van der Waals surface area contributed by atoms with Crippen molar-refractivity contribution in [2.75, 3.05) is 16.4 Å². The highest BCUT2D eigenvalue weighted by atomic mass is 32.2. The van der Waals surface area contributed by atoms with Crippen LogP contribution in [0.3, 0.4) is 0 Å². The number of rotatable bonds is 7. The van der Waals surface area contributed by atoms with Gasteiger partial charge in [-0.2, -0.15) is 0 Å². The number of nitrogens with zero attached hydrogens (tertiary/aromatic N) is 6. The third-order valence-corrected chi connectivity index (χ3v) is 6.15. The fourth-order valence-corrected chi connectivity index (χ4v) is 3.92. The molecule has 2 N–H and O–H groups in total. The summed E-state index contributed by atoms with van der Waals surface area (Å²) in [5, 5.41) is 17.1. The highest BCUT2D eigenvalue weighted by Gasteiger charge is 2.19. The zero-order chi connectivity index (χ0) is 24.2. The van der Waals surface area contributed by atoms with Gasteiger partial charge in [0.05, 0.1) is 17.1 Å². The van der Waals surface area contributed by atoms with Gasteiger partial charge in [0.25, 0.3) is 11.5 Å². The Morgan fingerprint density at radius 1 is 1.00 bits per heavy atom. The number of hydrogen-bond donors (Lipinski definition) is 2. The van der Waals surface area contributed by atoms with Crippen LogP contribution in [0.15, 0.2) is 64.5 Å². The number of aromatic nitrogens is 6. The summed E-state index contributed by atoms with van der Waals surface area (Å²) in [4.78, 5) is 38.0. The molecule has 0 unspecified atom stereocenters. The molecule has 0 aliphatic rings. The van der Waals surface area contributed by atoms with Crippen LogP contribution in [-0.2, 0) is 18.9 Å². The second-order valence-corrected chi connectivity index (χ2v) is 8.33. The summed E-state index contributed by atoms with van der Waals surface area (Å²) in [6, 6.07) is 15.6. The molecule has 11 nitrogen and oxygen atoms in total. The van der Waals surface area contributed by atoms with Crippen LogP contribution in [-0.4, -0.2) is 47.1 Å². The van der Waals surface area contributed by atoms with E-state index < -0.39 is 5.91 Å². The monoisotopic (exact) mass is 478 g/mol. The zero-order valence-electron chi connectivity index (χ0n) is 18.7. The summed E-state index contributed by atoms with van der Waals surface area (Å²) >= 11 is 1.21. The topological polar surface area (TPSA) is 129 Å². The first-order valence-corrected chi connectivity index (χ1v) is 11.2. The highest BCUT2D eigenvalue weighted by Crippen LogP contribution is 2.17. The minimum Gasteiger partial charge on any atom is -0.325 e. The van der Waals surface area contributed by atoms with E-state index in [9.17, 15) is 14.4 Å². The average Bonchev–Trinajstić information content (AvgIpc) is 3.34. The summed E-state index contributed by atoms with van der Waals surface area (Å²) in [5.41, 5.74) is 2.11. The number of carbonyl (C=O) groups excluding carboxylic acids is 2. The summed E-state index contributed by atoms with van der Waals surface area (Å²) in [6.07, 6.45) is 0. The van der Waals surface area contributed by atoms with E-state index in [0.29, 0.717) is 27.8 Å². The molecule has 0 saturated heterocycles. The largest absolute Gasteiger partial charge is 0.325 e. The molecule has 0 bridgehead atoms. The Morgan fingerprint density at radius 2 is 1.71 bits per heavy atom. The standard InChI is InChI=1S/C22H22N8O3S/c1-14-19(21(33)30(29(14)3)17-7-5-4-6-8-17)24-20(32)15-9-11-16(12-10-15)23-18(31)13-34-22-25-26-27-28(22)2/h4-12H,13H2,1-3H3,(H,23,31)(H,24,32). The van der Waals surface area contributed by atoms with Gasteiger partial charge >= 0.3 is 0 Å². The summed E-state index contributed by atoms with van der Waals surface area (Å²) < 4.78 is 4.67. The third kappa shape index (κ3) is 4.76. The molecule has 2 aromatic carbocycles. The second kappa shape index (κ2) is 9.75. The number of hydrogen-bond acceptors (Lipinski definition) is 7. The van der Waals surface area contributed by atoms with Gasteiger partial charge < -0.3 is 10.6 Å². The molecule has 174 valence electrons. The van der Waals surface area contributed by atoms with Gasteiger partial charge in [0.1, 0.15) is 5.69 Å². The highest BCUT2D eigenvalue weighted by molar-refractivity contribution is 7.99. The van der Waals surface area contributed by atoms with Crippen LogP contribution in [0.2, 0.25) is 0 Å². The normalized spacial score (nSPS) is 10.8. The minimum absolute atomic E-state index is 0.136. The average molecular weight is 479 g/mol. The molecule has 0 aliphatic heterocycles. The molecule has 0 spiro atoms. The van der Waals surface area contributed by atoms with Crippen molar-refractivity contribution in [1.82, 2.24) is 29.6 Å². The van der Waals surface area contributed by atoms with E-state index in [1.807, 2.05) is 30.3 Å². The number of amides is 2. The zero-order valence-corrected chi connectivity index (χ0v) is 19.5. The number of aryl methyl sites for hydroxylation is 1. The van der Waals surface area contributed by atoms with Crippen molar-refractivity contribution in [2.45, 2.75) is 12.1 Å². The Labute approximate surface area is 198 Å². The molecule has 0 saturated carbocycles. The number of benzene rings is 2. The fraction of sp³-hybridized carbons (Fsp3) is 0.182. The molecule has 0 fully saturated rings. The fourth-order valence-electron chi connectivity index (χ4n) is 3.27. The van der Waals surface area contributed by atoms with Gasteiger partial charge in [-0.1, -0.05) is 30.0 Å². The van der Waals surface area contributed by atoms with Crippen LogP contribution >= 0.6 is 11.8 Å². The van der Waals surface area contributed by atoms with E-state index in [-0.39, 0.29) is 22.9 Å². The van der Waals surface area contributed by atoms with E-state index >= 15 is 0 Å². The summed E-state index contributed by atoms with van der Waals surface area (Å²) in [5.74, 6) is -0.516. The lowest BCUT2D eigenvalue weighted by molar-refractivity contribution is -0.113. The lowest BCUT2D eigenvalue weighted by Crippen LogP contribution is -2.23. The SMILES string of the molecule is Cc1c(NC(=O)c2ccc(NC(=O)CSc3nnnn3C)cc2)c(=O)n(-c2ccccc2)n1C. The van der Waals surface area contributed by atoms with Crippen molar-refractivity contribution in [2.24, 2.45) is 14.1 Å². The number of tetrazole rings is 1. The van der Waals surface area contributed by atoms with Crippen LogP contribution in [0.5, 0.6) is 0 Å². The predicted molar refractivity (Wildman–Crippen MR) is 128 cm³/mol. The predicted octanol–water partition coefficient (Wildman–Crippen LogP) is 1.99. The molecular formula is C22H22N8O3S. The lowest BCUT2D eigenvalue weighted by Gasteiger charge is -2.07. The number of para-hydroxylation sites is 1. The van der Waals surface area contributed by atoms with Gasteiger partial charge in [-0.25, -0.2) is 9.36 Å². The van der Waals surface area contributed by atoms with Gasteiger partial charge in [0.2, 0.25) is 11.1 Å². The minimum atomic E-state index is -0.422. The molecule has 2 aromatic heterocycles. The summed E-state index contributed by atoms with van der Waals surface area (Å²) in [6.45, 7) is 1.77. The van der Waals surface area contributed by atoms with E-state index in [2.05, 4.69) is 26.2 Å². The molecule has 34 heavy (non-hydrogen) atoms. The molecule has 4 aromatic rings. The Kier molecular flexibility index (Phi) is 6.59. The third-order valence-electron chi connectivity index (χ3n) is 5.14. The van der Waals surface area contributed by atoms with Gasteiger partial charge in [-0.05, 0) is 53.7 Å². The van der Waals surface area contributed by atoms with E-state index in [0.717, 1.165) is 0 Å². The summed E-state index contributed by atoms with van der Waals surface area (Å²) in [7, 11) is 3.45. The van der Waals surface area contributed by atoms with Crippen molar-refractivity contribution in [3.63, 3.8) is 0 Å². The molecular weight excluding hydrogens is 456 g/mol. The number of nitrogens with one attached hydrogen (secondary N) is 2. The Morgan fingerprint density at radius 3 is 2.35 bits per heavy atom. The first-order chi connectivity index (χ1) is 16.3. The van der Waals surface area contributed by atoms with Crippen molar-refractivity contribution >= 4 is 35.0 Å². The quantitative estimate of drug-likeness (QED) is 0.389. The van der Waals surface area contributed by atoms with E-state index in [4.69, 9.17) is 0 Å². The molecule has 0 atom stereocenters. The molecule has 0 radical (unpaired) electrons. The van der Waals surface area contributed by atoms with E-state index in [1.54, 1.807) is 50.0 Å². The van der Waals surface area contributed by atoms with Gasteiger partial charge in [0, 0.05) is 25.3 Å². The Balaban J connectivity index is 1.42. The van der Waals surface area contributed by atoms with Crippen molar-refractivity contribution < 1.29 is 9.59 Å². The lowest BCUT2D eigenvalue weighted by atomic mass is 10.2.